The van der Waals surface area contributed by atoms with Gasteiger partial charge in [-0.15, -0.1) is 0 Å². The number of nitrogens with one attached hydrogen (secondary N) is 6. The maximum atomic E-state index is 13.7. The SMILES string of the molecule is CC[C@@H]1NC(=O)CN(C(=O)c2n[nH]nc2C)CCCNC(=O)c2ccc3nc(C)n(c3c2)CCCNC(=O)[C@@H](Cc2c[nH]c3ccccc23)NC1=O. The van der Waals surface area contributed by atoms with E-state index in [1.165, 1.54) is 4.90 Å². The van der Waals surface area contributed by atoms with Gasteiger partial charge in [-0.05, 0) is 62.9 Å². The van der Waals surface area contributed by atoms with Crippen LogP contribution in [0.15, 0.2) is 48.7 Å². The van der Waals surface area contributed by atoms with E-state index in [4.69, 9.17) is 0 Å². The van der Waals surface area contributed by atoms with Crippen LogP contribution >= 0.6 is 0 Å². The number of fused-ring (bicyclic) bond motifs is 2. The second-order valence-electron chi connectivity index (χ2n) is 12.9. The van der Waals surface area contributed by atoms with Gasteiger partial charge in [0.15, 0.2) is 5.69 Å². The lowest BCUT2D eigenvalue weighted by Crippen LogP contribution is -2.55. The van der Waals surface area contributed by atoms with Gasteiger partial charge in [0.05, 0.1) is 23.3 Å². The first kappa shape index (κ1) is 35.8. The normalized spacial score (nSPS) is 18.7. The number of aryl methyl sites for hydroxylation is 3. The number of amides is 5. The molecule has 0 aliphatic carbocycles. The van der Waals surface area contributed by atoms with Crippen molar-refractivity contribution in [3.05, 3.63) is 77.0 Å². The Bertz CT molecular complexity index is 2120. The topological polar surface area (TPSA) is 212 Å². The maximum absolute atomic E-state index is 13.7. The molecule has 6 N–H and O–H groups in total. The third-order valence-electron chi connectivity index (χ3n) is 9.29. The summed E-state index contributed by atoms with van der Waals surface area (Å²) in [6.45, 7) is 6.09. The third kappa shape index (κ3) is 7.95. The van der Waals surface area contributed by atoms with Crippen molar-refractivity contribution in [1.29, 1.82) is 0 Å². The number of para-hydroxylation sites is 1. The lowest BCUT2D eigenvalue weighted by molar-refractivity contribution is -0.132. The smallest absolute Gasteiger partial charge is 0.276 e. The van der Waals surface area contributed by atoms with Gasteiger partial charge in [0.25, 0.3) is 11.8 Å². The molecule has 16 nitrogen and oxygen atoms in total. The minimum atomic E-state index is -0.978. The quantitative estimate of drug-likeness (QED) is 0.161. The third-order valence-corrected chi connectivity index (χ3v) is 9.29. The summed E-state index contributed by atoms with van der Waals surface area (Å²) in [4.78, 5) is 76.7. The highest BCUT2D eigenvalue weighted by atomic mass is 16.2. The molecule has 272 valence electrons. The van der Waals surface area contributed by atoms with Crippen LogP contribution in [0.25, 0.3) is 21.9 Å². The molecule has 0 saturated heterocycles. The zero-order valence-corrected chi connectivity index (χ0v) is 29.4. The van der Waals surface area contributed by atoms with Gasteiger partial charge in [-0.2, -0.15) is 15.4 Å². The molecule has 3 aromatic heterocycles. The molecule has 16 heteroatoms. The van der Waals surface area contributed by atoms with Crippen LogP contribution < -0.4 is 21.3 Å². The minimum Gasteiger partial charge on any atom is -0.361 e. The molecule has 5 aromatic rings. The summed E-state index contributed by atoms with van der Waals surface area (Å²) in [5.41, 5.74) is 4.18. The first-order valence-electron chi connectivity index (χ1n) is 17.5. The van der Waals surface area contributed by atoms with Crippen molar-refractivity contribution in [2.45, 2.75) is 65.1 Å². The molecule has 1 aliphatic heterocycles. The molecule has 0 saturated carbocycles. The monoisotopic (exact) mass is 709 g/mol. The fourth-order valence-electron chi connectivity index (χ4n) is 6.47. The largest absolute Gasteiger partial charge is 0.361 e. The number of rotatable bonds is 4. The van der Waals surface area contributed by atoms with Crippen molar-refractivity contribution >= 4 is 51.5 Å². The van der Waals surface area contributed by atoms with Crippen LogP contribution in [0.5, 0.6) is 0 Å². The Labute approximate surface area is 299 Å². The van der Waals surface area contributed by atoms with Gasteiger partial charge in [-0.1, -0.05) is 25.1 Å². The summed E-state index contributed by atoms with van der Waals surface area (Å²) < 4.78 is 2.01. The molecule has 0 radical (unpaired) electrons. The van der Waals surface area contributed by atoms with Crippen LogP contribution in [-0.2, 0) is 27.3 Å². The molecule has 4 heterocycles. The molecule has 5 amide bonds. The van der Waals surface area contributed by atoms with Gasteiger partial charge in [0.2, 0.25) is 17.7 Å². The number of carbonyl (C=O) groups is 5. The summed E-state index contributed by atoms with van der Waals surface area (Å²) in [5.74, 6) is -1.50. The van der Waals surface area contributed by atoms with Crippen LogP contribution in [0.2, 0.25) is 0 Å². The Kier molecular flexibility index (Phi) is 10.9. The number of imidazole rings is 1. The zero-order valence-electron chi connectivity index (χ0n) is 29.4. The Balaban J connectivity index is 1.28. The lowest BCUT2D eigenvalue weighted by Gasteiger charge is -2.25. The Morgan fingerprint density at radius 1 is 0.904 bits per heavy atom. The Morgan fingerprint density at radius 2 is 1.69 bits per heavy atom. The van der Waals surface area contributed by atoms with Crippen molar-refractivity contribution in [3.8, 4) is 0 Å². The summed E-state index contributed by atoms with van der Waals surface area (Å²) >= 11 is 0. The van der Waals surface area contributed by atoms with Gasteiger partial charge >= 0.3 is 0 Å². The standard InChI is InChI=1S/C36H43N11O5/c1-4-26-35(51)42-29(17-24-19-39-27-10-6-5-9-25(24)27)34(50)38-14-8-16-47-22(3)40-28-12-11-23(18-30(28)47)33(49)37-13-7-15-46(20-31(48)41-26)36(52)32-21(2)43-45-44-32/h5-6,9-12,18-19,26,29,39H,4,7-8,13-17,20H2,1-3H3,(H,37,49)(H,38,50)(H,41,48)(H,42,51)(H,43,44,45)/t26-,29+/m0/s1. The number of hydrogen-bond acceptors (Lipinski definition) is 8. The van der Waals surface area contributed by atoms with Crippen LogP contribution in [0.4, 0.5) is 0 Å². The summed E-state index contributed by atoms with van der Waals surface area (Å²) in [6, 6.07) is 11.1. The predicted molar refractivity (Wildman–Crippen MR) is 192 cm³/mol. The van der Waals surface area contributed by atoms with Gasteiger partial charge in [-0.3, -0.25) is 24.0 Å². The molecule has 52 heavy (non-hydrogen) atoms. The van der Waals surface area contributed by atoms with Crippen molar-refractivity contribution < 1.29 is 24.0 Å². The average molecular weight is 710 g/mol. The van der Waals surface area contributed by atoms with E-state index in [1.54, 1.807) is 32.0 Å². The number of aromatic amines is 2. The first-order chi connectivity index (χ1) is 25.1. The Morgan fingerprint density at radius 3 is 2.48 bits per heavy atom. The van der Waals surface area contributed by atoms with Gasteiger partial charge in [0.1, 0.15) is 17.9 Å². The fraction of sp³-hybridized carbons (Fsp3) is 0.389. The van der Waals surface area contributed by atoms with E-state index in [-0.39, 0.29) is 50.0 Å². The number of aromatic nitrogens is 6. The molecule has 6 rings (SSSR count). The highest BCUT2D eigenvalue weighted by Crippen LogP contribution is 2.20. The van der Waals surface area contributed by atoms with Crippen molar-refractivity contribution in [1.82, 2.24) is 56.1 Å². The Hall–Kier alpha value is -6.06. The summed E-state index contributed by atoms with van der Waals surface area (Å²) in [6.07, 6.45) is 3.18. The highest BCUT2D eigenvalue weighted by molar-refractivity contribution is 5.98. The number of carbonyl (C=O) groups excluding carboxylic acids is 5. The van der Waals surface area contributed by atoms with E-state index >= 15 is 0 Å². The van der Waals surface area contributed by atoms with E-state index in [0.29, 0.717) is 37.2 Å². The molecule has 2 aromatic carbocycles. The number of H-pyrrole nitrogens is 2. The number of hydrogen-bond donors (Lipinski definition) is 6. The van der Waals surface area contributed by atoms with Crippen molar-refractivity contribution in [2.75, 3.05) is 26.2 Å². The van der Waals surface area contributed by atoms with Gasteiger partial charge < -0.3 is 35.7 Å². The van der Waals surface area contributed by atoms with Gasteiger partial charge in [-0.25, -0.2) is 4.98 Å². The summed E-state index contributed by atoms with van der Waals surface area (Å²) in [7, 11) is 0. The van der Waals surface area contributed by atoms with E-state index in [0.717, 1.165) is 33.3 Å². The predicted octanol–water partition coefficient (Wildman–Crippen LogP) is 1.66. The molecule has 0 fully saturated rings. The van der Waals surface area contributed by atoms with Gasteiger partial charge in [0, 0.05) is 55.3 Å². The second-order valence-corrected chi connectivity index (χ2v) is 12.9. The van der Waals surface area contributed by atoms with E-state index in [2.05, 4.69) is 46.6 Å². The molecule has 2 bridgehead atoms. The number of benzene rings is 2. The minimum absolute atomic E-state index is 0.0643. The number of nitrogens with zero attached hydrogens (tertiary/aromatic N) is 5. The second kappa shape index (κ2) is 15.9. The molecule has 0 spiro atoms. The van der Waals surface area contributed by atoms with Crippen LogP contribution in [0.1, 0.15) is 64.1 Å². The molecular formula is C36H43N11O5. The first-order valence-corrected chi connectivity index (χ1v) is 17.5. The molecular weight excluding hydrogens is 666 g/mol. The van der Waals surface area contributed by atoms with Crippen molar-refractivity contribution in [3.63, 3.8) is 0 Å². The summed E-state index contributed by atoms with van der Waals surface area (Å²) in [5, 5.41) is 22.8. The molecule has 1 aliphatic rings. The van der Waals surface area contributed by atoms with E-state index < -0.39 is 29.8 Å². The lowest BCUT2D eigenvalue weighted by atomic mass is 10.0. The zero-order chi connectivity index (χ0) is 36.8. The van der Waals surface area contributed by atoms with Crippen LogP contribution in [0.3, 0.4) is 0 Å². The van der Waals surface area contributed by atoms with E-state index in [1.807, 2.05) is 42.0 Å². The molecule has 2 atom stereocenters. The van der Waals surface area contributed by atoms with E-state index in [9.17, 15) is 24.0 Å². The van der Waals surface area contributed by atoms with Crippen LogP contribution in [0, 0.1) is 13.8 Å². The molecule has 0 unspecified atom stereocenters. The highest BCUT2D eigenvalue weighted by Gasteiger charge is 2.29. The van der Waals surface area contributed by atoms with Crippen LogP contribution in [-0.4, -0.2) is 103 Å². The maximum Gasteiger partial charge on any atom is 0.276 e. The van der Waals surface area contributed by atoms with Crippen molar-refractivity contribution in [2.24, 2.45) is 0 Å². The fourth-order valence-corrected chi connectivity index (χ4v) is 6.47. The average Bonchev–Trinajstić information content (AvgIpc) is 3.84.